The van der Waals surface area contributed by atoms with Crippen molar-refractivity contribution in [2.75, 3.05) is 18.6 Å². The van der Waals surface area contributed by atoms with E-state index in [-0.39, 0.29) is 18.5 Å². The number of hydrogen-bond donors (Lipinski definition) is 0. The van der Waals surface area contributed by atoms with E-state index in [1.54, 1.807) is 7.11 Å². The van der Waals surface area contributed by atoms with Gasteiger partial charge in [-0.15, -0.1) is 0 Å². The van der Waals surface area contributed by atoms with Crippen LogP contribution in [0.15, 0.2) is 42.5 Å². The van der Waals surface area contributed by atoms with Gasteiger partial charge in [0.25, 0.3) is 0 Å². The number of carbonyl (C=O) groups excluding carboxylic acids is 1. The molecule has 1 heterocycles. The molecule has 5 heteroatoms. The minimum atomic E-state index is -0.0620. The number of aromatic nitrogens is 2. The lowest BCUT2D eigenvalue weighted by atomic mass is 10.0. The summed E-state index contributed by atoms with van der Waals surface area (Å²) >= 11 is 0. The van der Waals surface area contributed by atoms with Gasteiger partial charge in [0, 0.05) is 13.0 Å². The van der Waals surface area contributed by atoms with Gasteiger partial charge in [0.2, 0.25) is 5.91 Å². The number of nitrogens with zero attached hydrogens (tertiary/aromatic N) is 3. The second-order valence-electron chi connectivity index (χ2n) is 8.32. The van der Waals surface area contributed by atoms with Gasteiger partial charge < -0.3 is 14.2 Å². The van der Waals surface area contributed by atoms with E-state index in [2.05, 4.69) is 49.6 Å². The van der Waals surface area contributed by atoms with Crippen LogP contribution in [0.4, 0.5) is 5.69 Å². The van der Waals surface area contributed by atoms with Crippen LogP contribution in [0.25, 0.3) is 11.0 Å². The third-order valence-electron chi connectivity index (χ3n) is 5.98. The summed E-state index contributed by atoms with van der Waals surface area (Å²) < 4.78 is 7.56. The summed E-state index contributed by atoms with van der Waals surface area (Å²) in [7, 11) is 1.69. The number of carbonyl (C=O) groups is 1. The average molecular weight is 406 g/mol. The largest absolute Gasteiger partial charge is 0.383 e. The van der Waals surface area contributed by atoms with Crippen LogP contribution in [0, 0.1) is 6.92 Å². The van der Waals surface area contributed by atoms with Crippen LogP contribution in [-0.2, 0) is 22.5 Å². The van der Waals surface area contributed by atoms with Crippen LogP contribution in [0.3, 0.4) is 0 Å². The fraction of sp³-hybridized carbons (Fsp3) is 0.440. The molecule has 3 aromatic rings. The highest BCUT2D eigenvalue weighted by Crippen LogP contribution is 2.41. The lowest BCUT2D eigenvalue weighted by Crippen LogP contribution is -2.44. The molecule has 0 bridgehead atoms. The number of benzene rings is 2. The van der Waals surface area contributed by atoms with Crippen molar-refractivity contribution in [2.45, 2.75) is 58.5 Å². The molecule has 5 nitrogen and oxygen atoms in total. The molecular weight excluding hydrogens is 374 g/mol. The lowest BCUT2D eigenvalue weighted by Gasteiger charge is -2.32. The summed E-state index contributed by atoms with van der Waals surface area (Å²) in [5.41, 5.74) is 5.32. The number of hydrogen-bond acceptors (Lipinski definition) is 3. The van der Waals surface area contributed by atoms with Gasteiger partial charge in [0.1, 0.15) is 12.4 Å². The van der Waals surface area contributed by atoms with E-state index in [0.29, 0.717) is 12.5 Å². The Balaban J connectivity index is 1.76. The van der Waals surface area contributed by atoms with E-state index in [1.807, 2.05) is 23.1 Å². The number of anilines is 1. The van der Waals surface area contributed by atoms with Crippen LogP contribution in [-0.4, -0.2) is 35.2 Å². The third kappa shape index (κ3) is 3.86. The van der Waals surface area contributed by atoms with Crippen molar-refractivity contribution in [3.63, 3.8) is 0 Å². The first-order valence-corrected chi connectivity index (χ1v) is 10.9. The molecule has 1 aromatic heterocycles. The highest BCUT2D eigenvalue weighted by molar-refractivity contribution is 5.96. The fourth-order valence-corrected chi connectivity index (χ4v) is 4.38. The number of imidazole rings is 1. The van der Waals surface area contributed by atoms with Crippen LogP contribution >= 0.6 is 0 Å². The van der Waals surface area contributed by atoms with Gasteiger partial charge >= 0.3 is 0 Å². The lowest BCUT2D eigenvalue weighted by molar-refractivity contribution is -0.119. The van der Waals surface area contributed by atoms with E-state index >= 15 is 0 Å². The Morgan fingerprint density at radius 3 is 2.70 bits per heavy atom. The zero-order valence-corrected chi connectivity index (χ0v) is 18.4. The molecular formula is C25H31N3O2. The Morgan fingerprint density at radius 2 is 2.00 bits per heavy atom. The number of ether oxygens (including phenoxy) is 1. The van der Waals surface area contributed by atoms with Crippen molar-refractivity contribution in [1.29, 1.82) is 0 Å². The maximum atomic E-state index is 13.8. The topological polar surface area (TPSA) is 47.4 Å². The summed E-state index contributed by atoms with van der Waals surface area (Å²) in [4.78, 5) is 20.6. The van der Waals surface area contributed by atoms with Crippen LogP contribution in [0.2, 0.25) is 0 Å². The Bertz CT molecular complexity index is 1050. The molecule has 1 atom stereocenters. The first kappa shape index (κ1) is 20.6. The monoisotopic (exact) mass is 405 g/mol. The van der Waals surface area contributed by atoms with Gasteiger partial charge in [-0.05, 0) is 56.4 Å². The molecule has 1 aliphatic carbocycles. The van der Waals surface area contributed by atoms with E-state index < -0.39 is 0 Å². The van der Waals surface area contributed by atoms with Gasteiger partial charge in [0.15, 0.2) is 0 Å². The van der Waals surface area contributed by atoms with E-state index in [4.69, 9.17) is 9.72 Å². The van der Waals surface area contributed by atoms with Crippen molar-refractivity contribution >= 4 is 22.6 Å². The number of aryl methyl sites for hydroxylation is 2. The molecule has 1 fully saturated rings. The predicted octanol–water partition coefficient (Wildman–Crippen LogP) is 4.85. The third-order valence-corrected chi connectivity index (χ3v) is 5.98. The maximum absolute atomic E-state index is 13.8. The Morgan fingerprint density at radius 1 is 1.23 bits per heavy atom. The molecule has 1 saturated carbocycles. The van der Waals surface area contributed by atoms with Crippen LogP contribution < -0.4 is 4.90 Å². The molecule has 1 aliphatic rings. The van der Waals surface area contributed by atoms with Gasteiger partial charge in [0.05, 0.1) is 29.4 Å². The van der Waals surface area contributed by atoms with E-state index in [9.17, 15) is 4.79 Å². The SMILES string of the molecule is CCc1cccc(C)c1N(C(=O)Cn1c(C2CC2)nc2ccccc21)[C@@H](C)COC. The first-order chi connectivity index (χ1) is 14.5. The Kier molecular flexibility index (Phi) is 5.91. The van der Waals surface area contributed by atoms with Crippen molar-refractivity contribution < 1.29 is 9.53 Å². The minimum Gasteiger partial charge on any atom is -0.383 e. The highest BCUT2D eigenvalue weighted by Gasteiger charge is 2.32. The molecule has 0 aliphatic heterocycles. The molecule has 158 valence electrons. The molecule has 0 unspecified atom stereocenters. The molecule has 4 rings (SSSR count). The molecule has 1 amide bonds. The summed E-state index contributed by atoms with van der Waals surface area (Å²) in [5.74, 6) is 1.60. The van der Waals surface area contributed by atoms with Crippen molar-refractivity contribution in [3.05, 3.63) is 59.4 Å². The second kappa shape index (κ2) is 8.60. The molecule has 0 saturated heterocycles. The molecule has 2 aromatic carbocycles. The number of para-hydroxylation sites is 3. The van der Waals surface area contributed by atoms with Gasteiger partial charge in [-0.3, -0.25) is 4.79 Å². The van der Waals surface area contributed by atoms with Crippen LogP contribution in [0.5, 0.6) is 0 Å². The maximum Gasteiger partial charge on any atom is 0.247 e. The zero-order chi connectivity index (χ0) is 21.3. The first-order valence-electron chi connectivity index (χ1n) is 10.9. The molecule has 0 N–H and O–H groups in total. The standard InChI is InChI=1S/C25H31N3O2/c1-5-19-10-8-9-17(2)24(19)28(18(3)16-30-4)23(29)15-27-22-12-7-6-11-21(22)26-25(27)20-13-14-20/h6-12,18,20H,5,13-16H2,1-4H3/t18-/m0/s1. The minimum absolute atomic E-state index is 0.0620. The number of rotatable bonds is 8. The number of amides is 1. The molecule has 0 radical (unpaired) electrons. The Hall–Kier alpha value is -2.66. The van der Waals surface area contributed by atoms with Crippen molar-refractivity contribution in [3.8, 4) is 0 Å². The van der Waals surface area contributed by atoms with Crippen LogP contribution in [0.1, 0.15) is 49.6 Å². The Labute approximate surface area is 178 Å². The zero-order valence-electron chi connectivity index (χ0n) is 18.4. The average Bonchev–Trinajstić information content (AvgIpc) is 3.52. The van der Waals surface area contributed by atoms with Crippen molar-refractivity contribution in [2.24, 2.45) is 0 Å². The predicted molar refractivity (Wildman–Crippen MR) is 121 cm³/mol. The number of methoxy groups -OCH3 is 1. The normalized spacial score (nSPS) is 14.8. The van der Waals surface area contributed by atoms with Gasteiger partial charge in [-0.2, -0.15) is 0 Å². The summed E-state index contributed by atoms with van der Waals surface area (Å²) in [6.45, 7) is 7.05. The fourth-order valence-electron chi connectivity index (χ4n) is 4.38. The van der Waals surface area contributed by atoms with E-state index in [0.717, 1.165) is 47.4 Å². The quantitative estimate of drug-likeness (QED) is 0.538. The van der Waals surface area contributed by atoms with Gasteiger partial charge in [-0.25, -0.2) is 4.98 Å². The number of fused-ring (bicyclic) bond motifs is 1. The summed E-state index contributed by atoms with van der Waals surface area (Å²) in [6.07, 6.45) is 3.18. The van der Waals surface area contributed by atoms with E-state index in [1.165, 1.54) is 5.56 Å². The smallest absolute Gasteiger partial charge is 0.247 e. The van der Waals surface area contributed by atoms with Crippen molar-refractivity contribution in [1.82, 2.24) is 9.55 Å². The summed E-state index contributed by atoms with van der Waals surface area (Å²) in [5, 5.41) is 0. The molecule has 30 heavy (non-hydrogen) atoms. The van der Waals surface area contributed by atoms with Gasteiger partial charge in [-0.1, -0.05) is 37.3 Å². The summed E-state index contributed by atoms with van der Waals surface area (Å²) in [6, 6.07) is 14.3. The highest BCUT2D eigenvalue weighted by atomic mass is 16.5. The molecule has 0 spiro atoms. The second-order valence-corrected chi connectivity index (χ2v) is 8.32.